The number of methoxy groups -OCH3 is 1. The minimum Gasteiger partial charge on any atom is -0.508 e. The molecule has 1 aromatic heterocycles. The number of piperazine rings is 1. The van der Waals surface area contributed by atoms with Crippen molar-refractivity contribution in [1.29, 1.82) is 0 Å². The minimum absolute atomic E-state index is 0.365. The van der Waals surface area contributed by atoms with Crippen LogP contribution >= 0.6 is 32.9 Å². The van der Waals surface area contributed by atoms with Crippen molar-refractivity contribution in [2.24, 2.45) is 0 Å². The van der Waals surface area contributed by atoms with Crippen LogP contribution < -0.4 is 4.74 Å². The predicted octanol–water partition coefficient (Wildman–Crippen LogP) is 5.24. The molecule has 0 saturated carbocycles. The van der Waals surface area contributed by atoms with Crippen molar-refractivity contribution in [2.45, 2.75) is 13.1 Å². The number of hydrogen-bond donors (Lipinski definition) is 1. The van der Waals surface area contributed by atoms with Gasteiger partial charge in [0.25, 0.3) is 0 Å². The number of aromatic hydroxyl groups is 1. The summed E-state index contributed by atoms with van der Waals surface area (Å²) < 4.78 is 6.39. The first-order valence-corrected chi connectivity index (χ1v) is 12.2. The summed E-state index contributed by atoms with van der Waals surface area (Å²) in [6.07, 6.45) is 0. The van der Waals surface area contributed by atoms with E-state index in [0.717, 1.165) is 60.0 Å². The van der Waals surface area contributed by atoms with Gasteiger partial charge in [-0.1, -0.05) is 51.1 Å². The topological polar surface area (TPSA) is 35.9 Å². The monoisotopic (exact) mass is 444 g/mol. The Hall–Kier alpha value is -1.77. The van der Waals surface area contributed by atoms with E-state index in [1.165, 1.54) is 10.4 Å². The normalized spacial score (nSPS) is 15.5. The summed E-state index contributed by atoms with van der Waals surface area (Å²) in [7, 11) is 5.04. The molecule has 2 aromatic carbocycles. The lowest BCUT2D eigenvalue weighted by Crippen LogP contribution is -2.45. The van der Waals surface area contributed by atoms with Crippen LogP contribution in [-0.4, -0.2) is 48.2 Å². The molecule has 4 rings (SSSR count). The van der Waals surface area contributed by atoms with Crippen LogP contribution in [0.15, 0.2) is 48.5 Å². The molecule has 3 aromatic rings. The maximum Gasteiger partial charge on any atom is 0.123 e. The lowest BCUT2D eigenvalue weighted by Gasteiger charge is -2.35. The molecule has 29 heavy (non-hydrogen) atoms. The molecule has 1 saturated heterocycles. The number of hydrogen-bond acceptors (Lipinski definition) is 7. The van der Waals surface area contributed by atoms with Crippen molar-refractivity contribution < 1.29 is 9.84 Å². The lowest BCUT2D eigenvalue weighted by molar-refractivity contribution is 0.120. The summed E-state index contributed by atoms with van der Waals surface area (Å²) in [5.41, 5.74) is 3.34. The Labute approximate surface area is 184 Å². The molecule has 0 radical (unpaired) electrons. The summed E-state index contributed by atoms with van der Waals surface area (Å²) in [4.78, 5) is 6.04. The highest BCUT2D eigenvalue weighted by Crippen LogP contribution is 2.32. The highest BCUT2D eigenvalue weighted by atomic mass is 32.9. The average Bonchev–Trinajstić information content (AvgIpc) is 3.18. The Balaban J connectivity index is 1.38. The van der Waals surface area contributed by atoms with Crippen LogP contribution in [0.2, 0.25) is 0 Å². The van der Waals surface area contributed by atoms with E-state index in [1.807, 2.05) is 24.3 Å². The van der Waals surface area contributed by atoms with Crippen molar-refractivity contribution in [3.8, 4) is 21.9 Å². The lowest BCUT2D eigenvalue weighted by atomic mass is 10.1. The molecule has 1 N–H and O–H groups in total. The molecule has 0 unspecified atom stereocenters. The summed E-state index contributed by atoms with van der Waals surface area (Å²) in [5.74, 6) is 1.32. The Morgan fingerprint density at radius 3 is 2.28 bits per heavy atom. The van der Waals surface area contributed by atoms with Gasteiger partial charge in [0.1, 0.15) is 15.3 Å². The van der Waals surface area contributed by atoms with Crippen molar-refractivity contribution >= 4 is 32.9 Å². The molecular weight excluding hydrogens is 420 g/mol. The Morgan fingerprint density at radius 1 is 0.931 bits per heavy atom. The Kier molecular flexibility index (Phi) is 6.62. The van der Waals surface area contributed by atoms with Crippen LogP contribution in [0.4, 0.5) is 0 Å². The molecule has 0 amide bonds. The first-order valence-electron chi connectivity index (χ1n) is 9.61. The summed E-state index contributed by atoms with van der Waals surface area (Å²) >= 11 is 5.25. The van der Waals surface area contributed by atoms with E-state index in [-0.39, 0.29) is 0 Å². The maximum absolute atomic E-state index is 10.4. The van der Waals surface area contributed by atoms with Crippen LogP contribution in [0, 0.1) is 3.82 Å². The standard InChI is InChI=1S/C22H24N2O2S3/c1-26-20-5-3-2-4-17(20)14-23-8-10-24(11-9-23)15-18-12-16(6-7-19(18)25)21-13-22(27)29-28-21/h2-7,12-13,25H,8-11,14-15H2,1H3. The van der Waals surface area contributed by atoms with E-state index < -0.39 is 0 Å². The Morgan fingerprint density at radius 2 is 1.62 bits per heavy atom. The fourth-order valence-corrected chi connectivity index (χ4v) is 6.05. The van der Waals surface area contributed by atoms with E-state index in [2.05, 4.69) is 28.0 Å². The second-order valence-electron chi connectivity index (χ2n) is 7.20. The van der Waals surface area contributed by atoms with Crippen molar-refractivity contribution in [2.75, 3.05) is 33.3 Å². The number of ether oxygens (including phenoxy) is 1. The fourth-order valence-electron chi connectivity index (χ4n) is 3.66. The summed E-state index contributed by atoms with van der Waals surface area (Å²) in [6, 6.07) is 16.1. The molecule has 1 aliphatic heterocycles. The van der Waals surface area contributed by atoms with Gasteiger partial charge in [0.2, 0.25) is 0 Å². The molecule has 0 atom stereocenters. The van der Waals surface area contributed by atoms with Gasteiger partial charge >= 0.3 is 0 Å². The zero-order chi connectivity index (χ0) is 20.2. The number of benzene rings is 2. The molecular formula is C22H24N2O2S3. The molecule has 0 aliphatic carbocycles. The molecule has 4 nitrogen and oxygen atoms in total. The minimum atomic E-state index is 0.365. The van der Waals surface area contributed by atoms with Crippen molar-refractivity contribution in [3.63, 3.8) is 0 Å². The van der Waals surface area contributed by atoms with Gasteiger partial charge in [0.05, 0.1) is 7.11 Å². The smallest absolute Gasteiger partial charge is 0.123 e. The van der Waals surface area contributed by atoms with Crippen LogP contribution in [0.1, 0.15) is 11.1 Å². The number of phenols is 1. The van der Waals surface area contributed by atoms with E-state index in [0.29, 0.717) is 5.75 Å². The zero-order valence-electron chi connectivity index (χ0n) is 16.3. The molecule has 2 heterocycles. The molecule has 1 fully saturated rings. The highest BCUT2D eigenvalue weighted by molar-refractivity contribution is 7.80. The summed E-state index contributed by atoms with van der Waals surface area (Å²) in [5, 5.41) is 10.4. The fraction of sp³-hybridized carbons (Fsp3) is 0.318. The van der Waals surface area contributed by atoms with Gasteiger partial charge in [-0.15, -0.1) is 0 Å². The number of para-hydroxylation sites is 1. The number of nitrogens with zero attached hydrogens (tertiary/aromatic N) is 2. The third-order valence-electron chi connectivity index (χ3n) is 5.27. The first kappa shape index (κ1) is 20.5. The van der Waals surface area contributed by atoms with Crippen molar-refractivity contribution in [1.82, 2.24) is 9.80 Å². The number of phenolic OH excluding ortho intramolecular Hbond substituents is 1. The summed E-state index contributed by atoms with van der Waals surface area (Å²) in [6.45, 7) is 5.64. The molecule has 0 bridgehead atoms. The Bertz CT molecular complexity index is 1020. The van der Waals surface area contributed by atoms with Gasteiger partial charge in [-0.05, 0) is 35.9 Å². The van der Waals surface area contributed by atoms with E-state index in [9.17, 15) is 5.11 Å². The SMILES string of the molecule is COc1ccccc1CN1CCN(Cc2cc(-c3cc(=S)ss3)ccc2O)CC1. The van der Waals surface area contributed by atoms with Gasteiger partial charge in [-0.2, -0.15) is 0 Å². The molecule has 1 aliphatic rings. The first-order chi connectivity index (χ1) is 14.1. The van der Waals surface area contributed by atoms with Crippen molar-refractivity contribution in [3.05, 3.63) is 63.5 Å². The van der Waals surface area contributed by atoms with Crippen LogP contribution in [-0.2, 0) is 13.1 Å². The third-order valence-corrected chi connectivity index (χ3v) is 8.18. The van der Waals surface area contributed by atoms with E-state index >= 15 is 0 Å². The average molecular weight is 445 g/mol. The predicted molar refractivity (Wildman–Crippen MR) is 124 cm³/mol. The number of rotatable bonds is 6. The van der Waals surface area contributed by atoms with Crippen LogP contribution in [0.25, 0.3) is 10.4 Å². The highest BCUT2D eigenvalue weighted by Gasteiger charge is 2.19. The molecule has 0 spiro atoms. The van der Waals surface area contributed by atoms with Gasteiger partial charge in [-0.3, -0.25) is 9.80 Å². The van der Waals surface area contributed by atoms with E-state index in [1.54, 1.807) is 33.9 Å². The molecule has 7 heteroatoms. The second-order valence-corrected chi connectivity index (χ2v) is 10.1. The maximum atomic E-state index is 10.4. The van der Waals surface area contributed by atoms with E-state index in [4.69, 9.17) is 17.0 Å². The van der Waals surface area contributed by atoms with Gasteiger partial charge in [0, 0.05) is 55.3 Å². The quantitative estimate of drug-likeness (QED) is 0.416. The van der Waals surface area contributed by atoms with Gasteiger partial charge in [0.15, 0.2) is 0 Å². The largest absolute Gasteiger partial charge is 0.508 e. The second kappa shape index (κ2) is 9.36. The van der Waals surface area contributed by atoms with Gasteiger partial charge < -0.3 is 9.84 Å². The van der Waals surface area contributed by atoms with Crippen LogP contribution in [0.3, 0.4) is 0 Å². The third kappa shape index (κ3) is 5.05. The van der Waals surface area contributed by atoms with Crippen LogP contribution in [0.5, 0.6) is 11.5 Å². The zero-order valence-corrected chi connectivity index (χ0v) is 18.8. The van der Waals surface area contributed by atoms with Gasteiger partial charge in [-0.25, -0.2) is 0 Å². The molecule has 152 valence electrons.